The average Bonchev–Trinajstić information content (AvgIpc) is 3.31. The van der Waals surface area contributed by atoms with Gasteiger partial charge in [0.05, 0.1) is 29.8 Å². The number of fused-ring (bicyclic) bond motifs is 1. The van der Waals surface area contributed by atoms with Crippen LogP contribution in [0, 0.1) is 0 Å². The highest BCUT2D eigenvalue weighted by atomic mass is 16.5. The summed E-state index contributed by atoms with van der Waals surface area (Å²) in [5, 5.41) is 8.58. The molecule has 0 saturated carbocycles. The van der Waals surface area contributed by atoms with Gasteiger partial charge in [0, 0.05) is 51.9 Å². The Morgan fingerprint density at radius 1 is 1.29 bits per heavy atom. The highest BCUT2D eigenvalue weighted by Crippen LogP contribution is 2.33. The van der Waals surface area contributed by atoms with E-state index in [9.17, 15) is 4.79 Å². The molecular formula is C20H26N6O2. The molecule has 0 atom stereocenters. The lowest BCUT2D eigenvalue weighted by atomic mass is 10.1. The molecular weight excluding hydrogens is 356 g/mol. The van der Waals surface area contributed by atoms with Crippen molar-refractivity contribution in [2.45, 2.75) is 26.3 Å². The number of anilines is 2. The molecule has 1 aliphatic heterocycles. The van der Waals surface area contributed by atoms with E-state index < -0.39 is 0 Å². The fourth-order valence-electron chi connectivity index (χ4n) is 3.72. The minimum absolute atomic E-state index is 0.0486. The highest BCUT2D eigenvalue weighted by Gasteiger charge is 2.20. The molecule has 8 heteroatoms. The van der Waals surface area contributed by atoms with Crippen molar-refractivity contribution in [2.24, 2.45) is 7.05 Å². The summed E-state index contributed by atoms with van der Waals surface area (Å²) in [6, 6.07) is 6.15. The van der Waals surface area contributed by atoms with E-state index in [1.807, 2.05) is 34.6 Å². The molecule has 0 aliphatic carbocycles. The summed E-state index contributed by atoms with van der Waals surface area (Å²) in [5.41, 5.74) is 2.09. The highest BCUT2D eigenvalue weighted by molar-refractivity contribution is 6.06. The number of carbonyl (C=O) groups is 1. The molecule has 3 heterocycles. The Bertz CT molecular complexity index is 970. The van der Waals surface area contributed by atoms with Crippen LogP contribution in [0.5, 0.6) is 0 Å². The molecule has 148 valence electrons. The van der Waals surface area contributed by atoms with Crippen molar-refractivity contribution in [3.8, 4) is 0 Å². The number of hydrogen-bond donors (Lipinski definition) is 1. The van der Waals surface area contributed by atoms with E-state index in [4.69, 9.17) is 4.74 Å². The number of rotatable bonds is 6. The van der Waals surface area contributed by atoms with Gasteiger partial charge in [0.25, 0.3) is 0 Å². The van der Waals surface area contributed by atoms with E-state index in [0.717, 1.165) is 41.9 Å². The number of carbonyl (C=O) groups excluding carboxylic acids is 1. The fourth-order valence-corrected chi connectivity index (χ4v) is 3.72. The Morgan fingerprint density at radius 3 is 2.89 bits per heavy atom. The maximum Gasteiger partial charge on any atom is 0.227 e. The maximum absolute atomic E-state index is 12.6. The van der Waals surface area contributed by atoms with Crippen molar-refractivity contribution < 1.29 is 9.53 Å². The van der Waals surface area contributed by atoms with Gasteiger partial charge in [-0.2, -0.15) is 5.10 Å². The molecule has 0 radical (unpaired) electrons. The van der Waals surface area contributed by atoms with Crippen molar-refractivity contribution in [2.75, 3.05) is 36.5 Å². The molecule has 0 spiro atoms. The molecule has 28 heavy (non-hydrogen) atoms. The zero-order valence-corrected chi connectivity index (χ0v) is 16.4. The van der Waals surface area contributed by atoms with Gasteiger partial charge in [0.1, 0.15) is 5.82 Å². The van der Waals surface area contributed by atoms with Gasteiger partial charge in [0.2, 0.25) is 5.91 Å². The molecule has 1 amide bonds. The third-order valence-corrected chi connectivity index (χ3v) is 5.16. The fraction of sp³-hybridized carbons (Fsp3) is 0.450. The first-order valence-corrected chi connectivity index (χ1v) is 9.75. The third kappa shape index (κ3) is 3.60. The van der Waals surface area contributed by atoms with Crippen LogP contribution in [-0.4, -0.2) is 51.5 Å². The van der Waals surface area contributed by atoms with E-state index in [2.05, 4.69) is 33.3 Å². The van der Waals surface area contributed by atoms with Gasteiger partial charge in [-0.15, -0.1) is 0 Å². The number of nitrogens with zero attached hydrogens (tertiary/aromatic N) is 5. The molecule has 0 bridgehead atoms. The molecule has 8 nitrogen and oxygen atoms in total. The summed E-state index contributed by atoms with van der Waals surface area (Å²) in [5.74, 6) is 1.56. The van der Waals surface area contributed by atoms with Crippen LogP contribution in [0.25, 0.3) is 10.9 Å². The zero-order chi connectivity index (χ0) is 19.5. The Morgan fingerprint density at radius 2 is 2.11 bits per heavy atom. The van der Waals surface area contributed by atoms with Crippen LogP contribution in [0.2, 0.25) is 0 Å². The van der Waals surface area contributed by atoms with Crippen LogP contribution in [0.3, 0.4) is 0 Å². The molecule has 1 N–H and O–H groups in total. The molecule has 2 aromatic heterocycles. The van der Waals surface area contributed by atoms with Crippen molar-refractivity contribution in [3.63, 3.8) is 0 Å². The summed E-state index contributed by atoms with van der Waals surface area (Å²) in [4.78, 5) is 19.2. The van der Waals surface area contributed by atoms with Gasteiger partial charge in [-0.1, -0.05) is 13.0 Å². The number of morpholine rings is 1. The molecule has 1 aliphatic rings. The summed E-state index contributed by atoms with van der Waals surface area (Å²) in [6.45, 7) is 5.76. The molecule has 1 fully saturated rings. The summed E-state index contributed by atoms with van der Waals surface area (Å²) in [7, 11) is 1.90. The van der Waals surface area contributed by atoms with E-state index in [1.165, 1.54) is 0 Å². The van der Waals surface area contributed by atoms with Crippen LogP contribution in [0.15, 0.2) is 30.6 Å². The molecule has 3 aromatic rings. The number of ether oxygens (including phenoxy) is 1. The lowest BCUT2D eigenvalue weighted by Gasteiger charge is -2.29. The minimum Gasteiger partial charge on any atom is -0.378 e. The standard InChI is InChI=1S/C20H26N6O2/c1-3-17-21-8-10-26(17)9-7-18(27)22-20-19-15(24(2)23-20)5-4-6-16(19)25-11-13-28-14-12-25/h4-6,8,10H,3,7,9,11-14H2,1-2H3,(H,22,23,27). The zero-order valence-electron chi connectivity index (χ0n) is 16.4. The van der Waals surface area contributed by atoms with Crippen molar-refractivity contribution in [1.82, 2.24) is 19.3 Å². The van der Waals surface area contributed by atoms with Gasteiger partial charge in [-0.3, -0.25) is 9.48 Å². The molecule has 1 saturated heterocycles. The lowest BCUT2D eigenvalue weighted by molar-refractivity contribution is -0.116. The average molecular weight is 382 g/mol. The number of nitrogens with one attached hydrogen (secondary N) is 1. The second-order valence-corrected chi connectivity index (χ2v) is 6.93. The Hall–Kier alpha value is -2.87. The summed E-state index contributed by atoms with van der Waals surface area (Å²) < 4.78 is 9.32. The van der Waals surface area contributed by atoms with Crippen LogP contribution >= 0.6 is 0 Å². The lowest BCUT2D eigenvalue weighted by Crippen LogP contribution is -2.36. The normalized spacial score (nSPS) is 14.6. The second-order valence-electron chi connectivity index (χ2n) is 6.93. The van der Waals surface area contributed by atoms with E-state index >= 15 is 0 Å². The van der Waals surface area contributed by atoms with Crippen LogP contribution in [0.1, 0.15) is 19.2 Å². The maximum atomic E-state index is 12.6. The summed E-state index contributed by atoms with van der Waals surface area (Å²) >= 11 is 0. The Balaban J connectivity index is 1.55. The summed E-state index contributed by atoms with van der Waals surface area (Å²) in [6.07, 6.45) is 4.92. The van der Waals surface area contributed by atoms with Gasteiger partial charge >= 0.3 is 0 Å². The SMILES string of the molecule is CCc1nccn1CCC(=O)Nc1nn(C)c2cccc(N3CCOCC3)c12. The first-order chi connectivity index (χ1) is 13.7. The first-order valence-electron chi connectivity index (χ1n) is 9.75. The Kier molecular flexibility index (Phi) is 5.29. The van der Waals surface area contributed by atoms with Crippen LogP contribution in [0.4, 0.5) is 11.5 Å². The second kappa shape index (κ2) is 8.02. The molecule has 4 rings (SSSR count). The Labute approximate surface area is 164 Å². The van der Waals surface area contributed by atoms with Crippen molar-refractivity contribution >= 4 is 28.3 Å². The number of amides is 1. The minimum atomic E-state index is -0.0486. The molecule has 1 aromatic carbocycles. The van der Waals surface area contributed by atoms with E-state index in [1.54, 1.807) is 6.20 Å². The largest absolute Gasteiger partial charge is 0.378 e. The van der Waals surface area contributed by atoms with Crippen molar-refractivity contribution in [3.05, 3.63) is 36.4 Å². The van der Waals surface area contributed by atoms with Gasteiger partial charge < -0.3 is 19.5 Å². The number of aryl methyl sites for hydroxylation is 3. The quantitative estimate of drug-likeness (QED) is 0.707. The van der Waals surface area contributed by atoms with E-state index in [0.29, 0.717) is 32.0 Å². The van der Waals surface area contributed by atoms with Crippen LogP contribution < -0.4 is 10.2 Å². The number of imidazole rings is 1. The molecule has 0 unspecified atom stereocenters. The number of aromatic nitrogens is 4. The van der Waals surface area contributed by atoms with Crippen molar-refractivity contribution in [1.29, 1.82) is 0 Å². The van der Waals surface area contributed by atoms with Gasteiger partial charge in [-0.25, -0.2) is 4.98 Å². The smallest absolute Gasteiger partial charge is 0.227 e. The monoisotopic (exact) mass is 382 g/mol. The topological polar surface area (TPSA) is 77.2 Å². The van der Waals surface area contributed by atoms with Crippen LogP contribution in [-0.2, 0) is 29.5 Å². The number of hydrogen-bond acceptors (Lipinski definition) is 5. The predicted octanol–water partition coefficient (Wildman–Crippen LogP) is 2.20. The number of benzene rings is 1. The first kappa shape index (κ1) is 18.5. The van der Waals surface area contributed by atoms with Gasteiger partial charge in [0.15, 0.2) is 5.82 Å². The van der Waals surface area contributed by atoms with E-state index in [-0.39, 0.29) is 5.91 Å². The van der Waals surface area contributed by atoms with Gasteiger partial charge in [-0.05, 0) is 12.1 Å². The third-order valence-electron chi connectivity index (χ3n) is 5.16. The predicted molar refractivity (Wildman–Crippen MR) is 109 cm³/mol.